The summed E-state index contributed by atoms with van der Waals surface area (Å²) >= 11 is 0. The highest BCUT2D eigenvalue weighted by Crippen LogP contribution is 2.78. The molecule has 2 aromatic heterocycles. The van der Waals surface area contributed by atoms with E-state index in [9.17, 15) is 30.0 Å². The van der Waals surface area contributed by atoms with Gasteiger partial charge in [0.05, 0.1) is 59.7 Å². The molecule has 0 radical (unpaired) electrons. The second kappa shape index (κ2) is 20.5. The first-order chi connectivity index (χ1) is 39.7. The third kappa shape index (κ3) is 9.03. The van der Waals surface area contributed by atoms with E-state index in [0.29, 0.717) is 75.5 Å². The number of aryl methyl sites for hydroxylation is 2. The first-order valence-electron chi connectivity index (χ1n) is 34.2. The quantitative estimate of drug-likeness (QED) is 0.111. The van der Waals surface area contributed by atoms with Crippen LogP contribution in [0.15, 0.2) is 35.7 Å². The summed E-state index contributed by atoms with van der Waals surface area (Å²) < 4.78 is 3.64. The molecule has 2 aromatic rings. The zero-order valence-electron chi connectivity index (χ0n) is 55.0. The molecular weight excluding hydrogens is 1060 g/mol. The van der Waals surface area contributed by atoms with E-state index >= 15 is 0 Å². The summed E-state index contributed by atoms with van der Waals surface area (Å²) in [7, 11) is 0. The lowest BCUT2D eigenvalue weighted by Crippen LogP contribution is -2.68. The molecule has 0 bridgehead atoms. The number of fused-ring (bicyclic) bond motifs is 14. The predicted molar refractivity (Wildman–Crippen MR) is 331 cm³/mol. The van der Waals surface area contributed by atoms with Crippen LogP contribution >= 0.6 is 0 Å². The average molecular weight is 1170 g/mol. The molecule has 8 saturated carbocycles. The maximum absolute atomic E-state index is 14.9. The smallest absolute Gasteiger partial charge is 0.229 e. The third-order valence-electron chi connectivity index (χ3n) is 29.5. The van der Waals surface area contributed by atoms with E-state index in [4.69, 9.17) is 0 Å². The first kappa shape index (κ1) is 61.8. The van der Waals surface area contributed by atoms with Crippen molar-refractivity contribution in [2.75, 3.05) is 13.1 Å². The van der Waals surface area contributed by atoms with Gasteiger partial charge in [0.15, 0.2) is 0 Å². The number of aliphatic hydroxyl groups is 4. The Morgan fingerprint density at radius 1 is 0.494 bits per heavy atom. The van der Waals surface area contributed by atoms with Crippen LogP contribution in [0.2, 0.25) is 0 Å². The number of aromatic nitrogens is 6. The van der Waals surface area contributed by atoms with Crippen molar-refractivity contribution in [1.82, 2.24) is 40.6 Å². The summed E-state index contributed by atoms with van der Waals surface area (Å²) in [6.45, 7) is 35.3. The van der Waals surface area contributed by atoms with Gasteiger partial charge in [0.25, 0.3) is 0 Å². The lowest BCUT2D eigenvalue weighted by Gasteiger charge is -2.71. The van der Waals surface area contributed by atoms with Gasteiger partial charge in [-0.25, -0.2) is 0 Å². The molecule has 472 valence electrons. The van der Waals surface area contributed by atoms with Gasteiger partial charge in [-0.3, -0.25) is 19.0 Å². The molecule has 2 amide bonds. The van der Waals surface area contributed by atoms with Crippen LogP contribution in [0, 0.1) is 100 Å². The largest absolute Gasteiger partial charge is 0.393 e. The van der Waals surface area contributed by atoms with Gasteiger partial charge in [-0.1, -0.05) is 131 Å². The fraction of sp³-hybridized carbons (Fsp3) is 0.859. The highest BCUT2D eigenvalue weighted by atomic mass is 16.3. The SMILES string of the molecule is CC1(C)CC[C@@]2(C(=O)NCCn3cc(CCCc4cn(CCNC(=O)[C@]56CCC(C)(C)CC5C5=CCC7[C@@]8(C)CC[C@H](O)C(C)(C)C8CC[C@@]7(C)[C@]5(C)C[C@H]6O)nn4)nn3)C(C1)C1=CCC3[C@@]4(C)CC[C@H](O)C(C)(C)C4CC[C@@]3(C)[C@]1(C)C[C@H]2O. The fourth-order valence-electron chi connectivity index (χ4n) is 24.0. The minimum absolute atomic E-state index is 0.0185. The molecular formula is C71H112N8O6. The maximum atomic E-state index is 14.9. The molecule has 0 saturated heterocycles. The van der Waals surface area contributed by atoms with E-state index in [1.165, 1.54) is 11.1 Å². The second-order valence-corrected chi connectivity index (χ2v) is 35.0. The number of carbonyl (C=O) groups is 2. The van der Waals surface area contributed by atoms with Gasteiger partial charge in [-0.05, 0) is 224 Å². The summed E-state index contributed by atoms with van der Waals surface area (Å²) in [4.78, 5) is 29.8. The van der Waals surface area contributed by atoms with Crippen LogP contribution in [0.4, 0.5) is 0 Å². The third-order valence-corrected chi connectivity index (χ3v) is 29.5. The van der Waals surface area contributed by atoms with E-state index in [-0.39, 0.29) is 90.0 Å². The zero-order valence-corrected chi connectivity index (χ0v) is 55.0. The van der Waals surface area contributed by atoms with Crippen molar-refractivity contribution >= 4 is 11.8 Å². The topological polar surface area (TPSA) is 201 Å². The van der Waals surface area contributed by atoms with Crippen molar-refractivity contribution in [2.45, 2.75) is 269 Å². The number of hydrogen-bond acceptors (Lipinski definition) is 10. The Labute approximate surface area is 510 Å². The average Bonchev–Trinajstić information content (AvgIpc) is 0.952. The molecule has 10 aliphatic carbocycles. The minimum atomic E-state index is -0.876. The van der Waals surface area contributed by atoms with Gasteiger partial charge in [-0.2, -0.15) is 0 Å². The summed E-state index contributed by atoms with van der Waals surface area (Å²) in [6, 6.07) is 0. The van der Waals surface area contributed by atoms with Crippen molar-refractivity contribution in [2.24, 2.45) is 100 Å². The number of nitrogens with zero attached hydrogens (tertiary/aromatic N) is 6. The van der Waals surface area contributed by atoms with Gasteiger partial charge in [0, 0.05) is 25.5 Å². The molecule has 12 rings (SSSR count). The van der Waals surface area contributed by atoms with E-state index in [0.717, 1.165) is 121 Å². The van der Waals surface area contributed by atoms with E-state index in [1.54, 1.807) is 0 Å². The number of aliphatic hydroxyl groups excluding tert-OH is 4. The maximum Gasteiger partial charge on any atom is 0.229 e. The Bertz CT molecular complexity index is 2780. The Balaban J connectivity index is 0.644. The molecule has 18 atom stereocenters. The summed E-state index contributed by atoms with van der Waals surface area (Å²) in [5.41, 5.74) is 2.46. The van der Waals surface area contributed by atoms with Crippen LogP contribution in [-0.4, -0.2) is 99.7 Å². The molecule has 2 heterocycles. The molecule has 14 nitrogen and oxygen atoms in total. The molecule has 8 fully saturated rings. The van der Waals surface area contributed by atoms with Crippen molar-refractivity contribution < 1.29 is 30.0 Å². The Hall–Kier alpha value is -3.46. The molecule has 10 aliphatic rings. The minimum Gasteiger partial charge on any atom is -0.393 e. The number of amides is 2. The first-order valence-corrected chi connectivity index (χ1v) is 34.2. The van der Waals surface area contributed by atoms with Gasteiger partial charge in [0.1, 0.15) is 0 Å². The lowest BCUT2D eigenvalue weighted by atomic mass is 9.33. The van der Waals surface area contributed by atoms with Gasteiger partial charge >= 0.3 is 0 Å². The normalized spacial score (nSPS) is 45.3. The molecule has 6 N–H and O–H groups in total. The number of hydrogen-bond donors (Lipinski definition) is 6. The van der Waals surface area contributed by atoms with Crippen LogP contribution in [0.3, 0.4) is 0 Å². The van der Waals surface area contributed by atoms with Crippen molar-refractivity contribution in [3.05, 3.63) is 47.1 Å². The number of rotatable bonds is 12. The number of carbonyl (C=O) groups excluding carboxylic acids is 2. The highest BCUT2D eigenvalue weighted by Gasteiger charge is 2.73. The summed E-state index contributed by atoms with van der Waals surface area (Å²) in [5, 5.41) is 72.4. The lowest BCUT2D eigenvalue weighted by molar-refractivity contribution is -0.215. The highest BCUT2D eigenvalue weighted by molar-refractivity contribution is 5.85. The monoisotopic (exact) mass is 1170 g/mol. The van der Waals surface area contributed by atoms with E-state index in [1.807, 2.05) is 21.8 Å². The predicted octanol–water partition coefficient (Wildman–Crippen LogP) is 11.5. The van der Waals surface area contributed by atoms with E-state index in [2.05, 4.69) is 140 Å². The standard InChI is InChI=1S/C71H112N8O6/c1-60(2)30-32-70(48(38-60)46-18-20-52-64(9)26-24-54(80)62(5,6)50(64)22-28-66(52,11)68(46,13)40-56(70)82)58(84)72-34-36-78-42-44(74-76-78)16-15-17-45-43-79(77-75-45)37-35-73-59(85)71-33-31-61(3,4)39-49(71)47-19-21-53-65(10)27-25-55(81)63(7,8)51(65)23-29-67(53,12)69(47,14)41-57(71)83/h18-19,42-43,48-57,80-83H,15-17,20-41H2,1-14H3,(H,72,84)(H,73,85)/t48?,49?,50?,51?,52?,53?,54-,55-,56+,57+,64-,65-,66+,67+,68+,69+,70+,71+/m0/s1. The van der Waals surface area contributed by atoms with Crippen molar-refractivity contribution in [3.63, 3.8) is 0 Å². The molecule has 0 spiro atoms. The van der Waals surface area contributed by atoms with Gasteiger partial charge in [0.2, 0.25) is 11.8 Å². The van der Waals surface area contributed by atoms with Crippen LogP contribution in [0.25, 0.3) is 0 Å². The molecule has 6 unspecified atom stereocenters. The number of allylic oxidation sites excluding steroid dienone is 4. The van der Waals surface area contributed by atoms with Crippen LogP contribution in [0.1, 0.15) is 230 Å². The van der Waals surface area contributed by atoms with E-state index < -0.39 is 23.0 Å². The molecule has 0 aliphatic heterocycles. The zero-order chi connectivity index (χ0) is 61.1. The second-order valence-electron chi connectivity index (χ2n) is 35.0. The fourth-order valence-corrected chi connectivity index (χ4v) is 24.0. The van der Waals surface area contributed by atoms with Crippen molar-refractivity contribution in [3.8, 4) is 0 Å². The molecule has 0 aromatic carbocycles. The van der Waals surface area contributed by atoms with Crippen molar-refractivity contribution in [1.29, 1.82) is 0 Å². The Kier molecular flexibility index (Phi) is 14.9. The summed E-state index contributed by atoms with van der Waals surface area (Å²) in [6.07, 6.45) is 25.5. The van der Waals surface area contributed by atoms with Gasteiger partial charge < -0.3 is 31.1 Å². The van der Waals surface area contributed by atoms with Crippen LogP contribution in [-0.2, 0) is 35.5 Å². The van der Waals surface area contributed by atoms with Gasteiger partial charge in [-0.15, -0.1) is 10.2 Å². The Morgan fingerprint density at radius 2 is 0.882 bits per heavy atom. The molecule has 85 heavy (non-hydrogen) atoms. The summed E-state index contributed by atoms with van der Waals surface area (Å²) in [5.74, 6) is 1.71. The Morgan fingerprint density at radius 3 is 1.27 bits per heavy atom. The number of nitrogens with one attached hydrogen (secondary N) is 2. The molecule has 14 heteroatoms. The van der Waals surface area contributed by atoms with Crippen LogP contribution < -0.4 is 10.6 Å². The van der Waals surface area contributed by atoms with Crippen LogP contribution in [0.5, 0.6) is 0 Å².